The van der Waals surface area contributed by atoms with E-state index in [1.807, 2.05) is 18.2 Å². The molecule has 0 atom stereocenters. The van der Waals surface area contributed by atoms with E-state index in [1.165, 1.54) is 0 Å². The summed E-state index contributed by atoms with van der Waals surface area (Å²) in [5, 5.41) is 5.37. The molecule has 0 amide bonds. The van der Waals surface area contributed by atoms with Gasteiger partial charge in [0.1, 0.15) is 0 Å². The lowest BCUT2D eigenvalue weighted by Crippen LogP contribution is -1.93. The molecular weight excluding hydrogens is 335 g/mol. The van der Waals surface area contributed by atoms with Crippen molar-refractivity contribution in [2.75, 3.05) is 12.2 Å². The van der Waals surface area contributed by atoms with Crippen molar-refractivity contribution >= 4 is 46.7 Å². The quantitative estimate of drug-likeness (QED) is 0.641. The van der Waals surface area contributed by atoms with Crippen LogP contribution in [0.25, 0.3) is 0 Å². The zero-order valence-electron chi connectivity index (χ0n) is 10.6. The number of hydrogen-bond acceptors (Lipinski definition) is 4. The molecule has 0 aromatic heterocycles. The van der Waals surface area contributed by atoms with Crippen LogP contribution >= 0.6 is 34.8 Å². The topological polar surface area (TPSA) is 42.9 Å². The minimum atomic E-state index is 0.240. The van der Waals surface area contributed by atoms with Crippen LogP contribution in [0.15, 0.2) is 35.4 Å². The Morgan fingerprint density at radius 1 is 1.00 bits per heavy atom. The fourth-order valence-corrected chi connectivity index (χ4v) is 2.72. The van der Waals surface area contributed by atoms with Crippen LogP contribution < -0.4 is 14.9 Å². The van der Waals surface area contributed by atoms with E-state index in [9.17, 15) is 0 Å². The predicted octanol–water partition coefficient (Wildman–Crippen LogP) is 4.82. The molecule has 1 heterocycles. The molecule has 0 radical (unpaired) electrons. The van der Waals surface area contributed by atoms with E-state index >= 15 is 0 Å². The van der Waals surface area contributed by atoms with Crippen molar-refractivity contribution in [2.45, 2.75) is 0 Å². The third-order valence-corrected chi connectivity index (χ3v) is 3.61. The van der Waals surface area contributed by atoms with Gasteiger partial charge in [0.25, 0.3) is 0 Å². The largest absolute Gasteiger partial charge is 0.454 e. The maximum absolute atomic E-state index is 6.05. The molecule has 1 aliphatic heterocycles. The summed E-state index contributed by atoms with van der Waals surface area (Å²) in [6.45, 7) is 0.240. The summed E-state index contributed by atoms with van der Waals surface area (Å²) in [6, 6.07) is 8.70. The van der Waals surface area contributed by atoms with Crippen molar-refractivity contribution < 1.29 is 9.47 Å². The van der Waals surface area contributed by atoms with Gasteiger partial charge in [0.15, 0.2) is 11.5 Å². The average molecular weight is 344 g/mol. The molecule has 4 nitrogen and oxygen atoms in total. The Morgan fingerprint density at radius 2 is 1.71 bits per heavy atom. The van der Waals surface area contributed by atoms with Crippen LogP contribution in [0.5, 0.6) is 11.5 Å². The summed E-state index contributed by atoms with van der Waals surface area (Å²) in [4.78, 5) is 0. The number of hydrazone groups is 1. The number of nitrogens with zero attached hydrogens (tertiary/aromatic N) is 1. The van der Waals surface area contributed by atoms with Crippen LogP contribution in [0.4, 0.5) is 5.69 Å². The van der Waals surface area contributed by atoms with Crippen LogP contribution in [-0.2, 0) is 0 Å². The zero-order chi connectivity index (χ0) is 14.8. The zero-order valence-corrected chi connectivity index (χ0v) is 12.8. The summed E-state index contributed by atoms with van der Waals surface area (Å²) >= 11 is 17.9. The van der Waals surface area contributed by atoms with E-state index in [-0.39, 0.29) is 6.79 Å². The van der Waals surface area contributed by atoms with Crippen LogP contribution in [0.2, 0.25) is 15.1 Å². The first-order chi connectivity index (χ1) is 10.1. The third-order valence-electron chi connectivity index (χ3n) is 2.79. The average Bonchev–Trinajstić information content (AvgIpc) is 2.89. The van der Waals surface area contributed by atoms with Gasteiger partial charge < -0.3 is 9.47 Å². The minimum absolute atomic E-state index is 0.240. The number of nitrogens with one attached hydrogen (secondary N) is 1. The maximum Gasteiger partial charge on any atom is 0.231 e. The maximum atomic E-state index is 6.05. The van der Waals surface area contributed by atoms with E-state index in [0.29, 0.717) is 26.5 Å². The highest BCUT2D eigenvalue weighted by Gasteiger charge is 2.12. The third kappa shape index (κ3) is 3.18. The van der Waals surface area contributed by atoms with Crippen molar-refractivity contribution in [2.24, 2.45) is 5.10 Å². The standard InChI is InChI=1S/C14H9Cl3N2O2/c15-9-4-10(16)14(11(17)5-9)19-18-6-8-1-2-12-13(3-8)21-7-20-12/h1-6,19H,7H2. The molecule has 1 aliphatic rings. The molecule has 2 aromatic carbocycles. The van der Waals surface area contributed by atoms with E-state index in [1.54, 1.807) is 18.3 Å². The van der Waals surface area contributed by atoms with E-state index in [2.05, 4.69) is 10.5 Å². The number of benzene rings is 2. The van der Waals surface area contributed by atoms with Gasteiger partial charge in [-0.25, -0.2) is 0 Å². The second-order valence-corrected chi connectivity index (χ2v) is 5.48. The molecule has 0 aliphatic carbocycles. The molecule has 0 unspecified atom stereocenters. The molecule has 7 heteroatoms. The number of fused-ring (bicyclic) bond motifs is 1. The molecule has 0 fully saturated rings. The highest BCUT2D eigenvalue weighted by Crippen LogP contribution is 2.34. The van der Waals surface area contributed by atoms with Crippen molar-refractivity contribution in [3.63, 3.8) is 0 Å². The van der Waals surface area contributed by atoms with Gasteiger partial charge in [0.2, 0.25) is 6.79 Å². The molecule has 3 rings (SSSR count). The number of rotatable bonds is 3. The molecule has 108 valence electrons. The normalized spacial score (nSPS) is 12.9. The number of halogens is 3. The van der Waals surface area contributed by atoms with Crippen LogP contribution in [-0.4, -0.2) is 13.0 Å². The van der Waals surface area contributed by atoms with Crippen LogP contribution in [0.3, 0.4) is 0 Å². The molecule has 0 bridgehead atoms. The summed E-state index contributed by atoms with van der Waals surface area (Å²) in [5.41, 5.74) is 4.15. The van der Waals surface area contributed by atoms with Gasteiger partial charge in [0.05, 0.1) is 21.9 Å². The second kappa shape index (κ2) is 6.02. The Balaban J connectivity index is 1.76. The molecule has 1 N–H and O–H groups in total. The molecule has 0 spiro atoms. The first-order valence-electron chi connectivity index (χ1n) is 5.97. The van der Waals surface area contributed by atoms with Gasteiger partial charge in [-0.3, -0.25) is 5.43 Å². The van der Waals surface area contributed by atoms with Crippen LogP contribution in [0, 0.1) is 0 Å². The Morgan fingerprint density at radius 3 is 2.48 bits per heavy atom. The van der Waals surface area contributed by atoms with Gasteiger partial charge in [-0.1, -0.05) is 34.8 Å². The molecule has 0 saturated heterocycles. The highest BCUT2D eigenvalue weighted by atomic mass is 35.5. The summed E-state index contributed by atoms with van der Waals surface area (Å²) in [7, 11) is 0. The van der Waals surface area contributed by atoms with Gasteiger partial charge in [0, 0.05) is 5.02 Å². The first-order valence-corrected chi connectivity index (χ1v) is 7.10. The number of ether oxygens (including phenoxy) is 2. The fourth-order valence-electron chi connectivity index (χ4n) is 1.81. The Hall–Kier alpha value is -1.62. The molecule has 0 saturated carbocycles. The van der Waals surface area contributed by atoms with E-state index in [4.69, 9.17) is 44.3 Å². The van der Waals surface area contributed by atoms with E-state index < -0.39 is 0 Å². The van der Waals surface area contributed by atoms with Gasteiger partial charge in [-0.2, -0.15) is 5.10 Å². The van der Waals surface area contributed by atoms with Gasteiger partial charge >= 0.3 is 0 Å². The van der Waals surface area contributed by atoms with E-state index in [0.717, 1.165) is 11.3 Å². The Labute approximate surface area is 136 Å². The van der Waals surface area contributed by atoms with Gasteiger partial charge in [-0.05, 0) is 35.9 Å². The Bertz CT molecular complexity index is 696. The monoisotopic (exact) mass is 342 g/mol. The molecular formula is C14H9Cl3N2O2. The molecule has 21 heavy (non-hydrogen) atoms. The highest BCUT2D eigenvalue weighted by molar-refractivity contribution is 6.41. The fraction of sp³-hybridized carbons (Fsp3) is 0.0714. The molecule has 2 aromatic rings. The number of anilines is 1. The van der Waals surface area contributed by atoms with Crippen molar-refractivity contribution in [3.8, 4) is 11.5 Å². The summed E-state index contributed by atoms with van der Waals surface area (Å²) in [5.74, 6) is 1.42. The van der Waals surface area contributed by atoms with Crippen molar-refractivity contribution in [1.29, 1.82) is 0 Å². The minimum Gasteiger partial charge on any atom is -0.454 e. The van der Waals surface area contributed by atoms with Crippen molar-refractivity contribution in [3.05, 3.63) is 51.0 Å². The SMILES string of the molecule is Clc1cc(Cl)c(NN=Cc2ccc3c(c2)OCO3)c(Cl)c1. The smallest absolute Gasteiger partial charge is 0.231 e. The van der Waals surface area contributed by atoms with Gasteiger partial charge in [-0.15, -0.1) is 0 Å². The number of hydrogen-bond donors (Lipinski definition) is 1. The predicted molar refractivity (Wildman–Crippen MR) is 85.3 cm³/mol. The lowest BCUT2D eigenvalue weighted by molar-refractivity contribution is 0.174. The lowest BCUT2D eigenvalue weighted by Gasteiger charge is -2.06. The van der Waals surface area contributed by atoms with Crippen LogP contribution in [0.1, 0.15) is 5.56 Å². The Kier molecular flexibility index (Phi) is 4.10. The summed E-state index contributed by atoms with van der Waals surface area (Å²) < 4.78 is 10.5. The lowest BCUT2D eigenvalue weighted by atomic mass is 10.2. The second-order valence-electron chi connectivity index (χ2n) is 4.23. The van der Waals surface area contributed by atoms with Crippen molar-refractivity contribution in [1.82, 2.24) is 0 Å². The first kappa shape index (κ1) is 14.3. The summed E-state index contributed by atoms with van der Waals surface area (Å²) in [6.07, 6.45) is 1.63.